The largest absolute Gasteiger partial charge is 1.00 e. The Morgan fingerprint density at radius 3 is 2.48 bits per heavy atom. The van der Waals surface area contributed by atoms with E-state index in [-0.39, 0.29) is 35.3 Å². The van der Waals surface area contributed by atoms with Gasteiger partial charge in [-0.1, -0.05) is 49.6 Å². The van der Waals surface area contributed by atoms with E-state index in [1.54, 1.807) is 0 Å². The molecule has 0 aromatic heterocycles. The third-order valence-corrected chi connectivity index (χ3v) is 6.66. The molecule has 2 unspecified atom stereocenters. The Labute approximate surface area is 167 Å². The monoisotopic (exact) mass is 364 g/mol. The quantitative estimate of drug-likeness (QED) is 0.312. The maximum Gasteiger partial charge on any atom is 1.00 e. The van der Waals surface area contributed by atoms with E-state index >= 15 is 0 Å². The van der Waals surface area contributed by atoms with Crippen molar-refractivity contribution >= 4 is 21.9 Å². The molecular weight excluding hydrogens is 339 g/mol. The van der Waals surface area contributed by atoms with Crippen LogP contribution in [0.4, 0.5) is 0 Å². The van der Waals surface area contributed by atoms with E-state index < -0.39 is 10.1 Å². The molecule has 0 spiro atoms. The Morgan fingerprint density at radius 2 is 1.78 bits per heavy atom. The molecule has 0 N–H and O–H groups in total. The third-order valence-electron chi connectivity index (χ3n) is 4.30. The summed E-state index contributed by atoms with van der Waals surface area (Å²) in [6.07, 6.45) is 7.92. The van der Waals surface area contributed by atoms with E-state index in [4.69, 9.17) is 0 Å². The Bertz CT molecular complexity index is 534. The minimum atomic E-state index is -4.06. The summed E-state index contributed by atoms with van der Waals surface area (Å²) in [6.45, 7) is 0. The smallest absolute Gasteiger partial charge is 0.748 e. The topological polar surface area (TPSA) is 57.2 Å². The minimum absolute atomic E-state index is 0. The molecule has 1 aromatic rings. The van der Waals surface area contributed by atoms with E-state index in [9.17, 15) is 13.0 Å². The Balaban J connectivity index is 0.00000264. The summed E-state index contributed by atoms with van der Waals surface area (Å²) >= 11 is 1.88. The molecule has 1 aliphatic carbocycles. The molecule has 0 amide bonds. The molecule has 0 saturated heterocycles. The van der Waals surface area contributed by atoms with Crippen LogP contribution in [0.3, 0.4) is 0 Å². The fourth-order valence-electron chi connectivity index (χ4n) is 3.19. The van der Waals surface area contributed by atoms with Crippen LogP contribution in [-0.2, 0) is 16.5 Å². The molecule has 1 aromatic carbocycles. The van der Waals surface area contributed by atoms with Crippen LogP contribution in [0.25, 0.3) is 0 Å². The first kappa shape index (κ1) is 21.5. The second-order valence-corrected chi connectivity index (χ2v) is 8.98. The average molecular weight is 365 g/mol. The van der Waals surface area contributed by atoms with Gasteiger partial charge in [-0.3, -0.25) is 0 Å². The second-order valence-electron chi connectivity index (χ2n) is 6.11. The van der Waals surface area contributed by atoms with Gasteiger partial charge in [-0.25, -0.2) is 8.42 Å². The molecule has 0 heterocycles. The fraction of sp³-hybridized carbons (Fsp3) is 0.647. The number of thioether (sulfide) groups is 1. The van der Waals surface area contributed by atoms with E-state index in [1.807, 2.05) is 17.8 Å². The molecular formula is C17H25NaO3S2. The van der Waals surface area contributed by atoms with Gasteiger partial charge in [-0.15, -0.1) is 0 Å². The molecule has 23 heavy (non-hydrogen) atoms. The first-order valence-corrected chi connectivity index (χ1v) is 10.8. The standard InChI is InChI=1S/C17H26O3S2.Na/c18-22(19,20)13-7-12-21-17-11-6-2-5-10-16(17)14-15-8-3-1-4-9-15;/h1,3-4,8-9,16-17H,2,5-7,10-14H2,(H,18,19,20);/q;+1/p-1. The van der Waals surface area contributed by atoms with Crippen molar-refractivity contribution in [3.63, 3.8) is 0 Å². The molecule has 1 saturated carbocycles. The van der Waals surface area contributed by atoms with Gasteiger partial charge in [0, 0.05) is 11.0 Å². The van der Waals surface area contributed by atoms with E-state index in [0.29, 0.717) is 17.6 Å². The number of hydrogen-bond donors (Lipinski definition) is 0. The normalized spacial score (nSPS) is 22.1. The van der Waals surface area contributed by atoms with Gasteiger partial charge in [0.15, 0.2) is 0 Å². The van der Waals surface area contributed by atoms with Gasteiger partial charge in [-0.05, 0) is 42.9 Å². The van der Waals surface area contributed by atoms with Crippen LogP contribution in [0.5, 0.6) is 0 Å². The SMILES string of the molecule is O=S(=O)([O-])CCCSC1CCCCCC1Cc1ccccc1.[Na+]. The molecule has 0 aliphatic heterocycles. The van der Waals surface area contributed by atoms with Crippen LogP contribution in [0, 0.1) is 5.92 Å². The zero-order chi connectivity index (χ0) is 15.8. The van der Waals surface area contributed by atoms with Gasteiger partial charge >= 0.3 is 29.6 Å². The van der Waals surface area contributed by atoms with Gasteiger partial charge in [0.25, 0.3) is 0 Å². The summed E-state index contributed by atoms with van der Waals surface area (Å²) in [5.41, 5.74) is 1.39. The summed E-state index contributed by atoms with van der Waals surface area (Å²) in [7, 11) is -4.06. The predicted octanol–water partition coefficient (Wildman–Crippen LogP) is 0.851. The van der Waals surface area contributed by atoms with Crippen molar-refractivity contribution in [2.75, 3.05) is 11.5 Å². The van der Waals surface area contributed by atoms with Crippen LogP contribution in [-0.4, -0.2) is 29.7 Å². The maximum atomic E-state index is 10.7. The zero-order valence-electron chi connectivity index (χ0n) is 13.9. The zero-order valence-corrected chi connectivity index (χ0v) is 17.6. The number of benzene rings is 1. The van der Waals surface area contributed by atoms with Gasteiger partial charge in [0.05, 0.1) is 10.1 Å². The van der Waals surface area contributed by atoms with Crippen LogP contribution in [0.1, 0.15) is 44.1 Å². The predicted molar refractivity (Wildman–Crippen MR) is 92.1 cm³/mol. The number of hydrogen-bond acceptors (Lipinski definition) is 4. The van der Waals surface area contributed by atoms with Crippen LogP contribution in [0.15, 0.2) is 30.3 Å². The van der Waals surface area contributed by atoms with Crippen molar-refractivity contribution in [2.45, 2.75) is 50.2 Å². The average Bonchev–Trinajstić information content (AvgIpc) is 2.69. The van der Waals surface area contributed by atoms with E-state index in [2.05, 4.69) is 24.3 Å². The van der Waals surface area contributed by atoms with E-state index in [0.717, 1.165) is 12.2 Å². The molecule has 1 fully saturated rings. The third kappa shape index (κ3) is 8.94. The Morgan fingerprint density at radius 1 is 1.09 bits per heavy atom. The summed E-state index contributed by atoms with van der Waals surface area (Å²) in [4.78, 5) is 0. The van der Waals surface area contributed by atoms with Crippen LogP contribution >= 0.6 is 11.8 Å². The minimum Gasteiger partial charge on any atom is -0.748 e. The summed E-state index contributed by atoms with van der Waals surface area (Å²) < 4.78 is 32.0. The first-order valence-electron chi connectivity index (χ1n) is 8.14. The maximum absolute atomic E-state index is 10.7. The van der Waals surface area contributed by atoms with Gasteiger partial charge in [-0.2, -0.15) is 11.8 Å². The van der Waals surface area contributed by atoms with Crippen molar-refractivity contribution in [3.8, 4) is 0 Å². The van der Waals surface area contributed by atoms with Gasteiger partial charge in [0.1, 0.15) is 0 Å². The summed E-state index contributed by atoms with van der Waals surface area (Å²) in [5.74, 6) is 1.21. The molecule has 3 nitrogen and oxygen atoms in total. The van der Waals surface area contributed by atoms with E-state index in [1.165, 1.54) is 37.7 Å². The Hall–Kier alpha value is 0.480. The van der Waals surface area contributed by atoms with Crippen molar-refractivity contribution in [1.82, 2.24) is 0 Å². The fourth-order valence-corrected chi connectivity index (χ4v) is 5.32. The van der Waals surface area contributed by atoms with Crippen LogP contribution < -0.4 is 29.6 Å². The summed E-state index contributed by atoms with van der Waals surface area (Å²) in [5, 5.41) is 0.595. The van der Waals surface area contributed by atoms with Crippen molar-refractivity contribution in [2.24, 2.45) is 5.92 Å². The van der Waals surface area contributed by atoms with Crippen molar-refractivity contribution < 1.29 is 42.5 Å². The van der Waals surface area contributed by atoms with Crippen LogP contribution in [0.2, 0.25) is 0 Å². The molecule has 124 valence electrons. The van der Waals surface area contributed by atoms with Gasteiger partial charge < -0.3 is 4.55 Å². The molecule has 0 radical (unpaired) electrons. The number of rotatable bonds is 7. The molecule has 6 heteroatoms. The molecule has 1 aliphatic rings. The van der Waals surface area contributed by atoms with Crippen molar-refractivity contribution in [3.05, 3.63) is 35.9 Å². The summed E-state index contributed by atoms with van der Waals surface area (Å²) in [6, 6.07) is 10.6. The van der Waals surface area contributed by atoms with Gasteiger partial charge in [0.2, 0.25) is 0 Å². The molecule has 2 atom stereocenters. The second kappa shape index (κ2) is 11.2. The molecule has 2 rings (SSSR count). The Kier molecular flexibility index (Phi) is 10.4. The molecule has 0 bridgehead atoms. The van der Waals surface area contributed by atoms with Crippen molar-refractivity contribution in [1.29, 1.82) is 0 Å². The first-order chi connectivity index (χ1) is 10.5.